The Labute approximate surface area is 278 Å². The molecule has 5 aliphatic rings. The molecule has 252 valence electrons. The number of carboxylic acids is 1. The van der Waals surface area contributed by atoms with Crippen LogP contribution in [0.2, 0.25) is 0 Å². The number of carboxylic acid groups (broad SMARTS) is 1. The van der Waals surface area contributed by atoms with Crippen LogP contribution in [0, 0.1) is 51.2 Å². The highest BCUT2D eigenvalue weighted by molar-refractivity contribution is 5.88. The second-order valence-corrected chi connectivity index (χ2v) is 17.9. The number of nitrogens with zero attached hydrogens (tertiary/aromatic N) is 1. The fourth-order valence-electron chi connectivity index (χ4n) is 12.9. The van der Waals surface area contributed by atoms with Crippen LogP contribution in [-0.4, -0.2) is 48.1 Å². The molecule has 9 atom stereocenters. The van der Waals surface area contributed by atoms with Gasteiger partial charge in [-0.1, -0.05) is 65.0 Å². The van der Waals surface area contributed by atoms with Crippen molar-refractivity contribution in [1.82, 2.24) is 10.2 Å². The molecule has 0 bridgehead atoms. The summed E-state index contributed by atoms with van der Waals surface area (Å²) in [5.74, 6) is 2.13. The molecule has 4 saturated carbocycles. The predicted molar refractivity (Wildman–Crippen MR) is 187 cm³/mol. The summed E-state index contributed by atoms with van der Waals surface area (Å²) in [7, 11) is 4.09. The van der Waals surface area contributed by atoms with Crippen molar-refractivity contribution in [3.05, 3.63) is 53.6 Å². The van der Waals surface area contributed by atoms with Crippen LogP contribution in [0.4, 0.5) is 0 Å². The molecule has 0 aliphatic heterocycles. The molecule has 6 rings (SSSR count). The lowest BCUT2D eigenvalue weighted by atomic mass is 9.33. The summed E-state index contributed by atoms with van der Waals surface area (Å²) in [4.78, 5) is 27.0. The van der Waals surface area contributed by atoms with E-state index in [2.05, 4.69) is 64.4 Å². The molecule has 5 heteroatoms. The van der Waals surface area contributed by atoms with Gasteiger partial charge in [0, 0.05) is 18.5 Å². The number of nitrogens with one attached hydrogen (secondary N) is 1. The molecule has 0 saturated heterocycles. The van der Waals surface area contributed by atoms with E-state index in [1.165, 1.54) is 48.8 Å². The second kappa shape index (κ2) is 11.3. The van der Waals surface area contributed by atoms with Gasteiger partial charge in [0.1, 0.15) is 0 Å². The summed E-state index contributed by atoms with van der Waals surface area (Å²) in [6, 6.07) is 7.56. The van der Waals surface area contributed by atoms with Crippen molar-refractivity contribution in [3.63, 3.8) is 0 Å². The van der Waals surface area contributed by atoms with Gasteiger partial charge in [0.2, 0.25) is 5.91 Å². The fraction of sp³-hybridized carbons (Fsp3) is 0.707. The van der Waals surface area contributed by atoms with E-state index in [1.807, 2.05) is 26.2 Å². The van der Waals surface area contributed by atoms with Crippen LogP contribution in [0.3, 0.4) is 0 Å². The molecular weight excluding hydrogens is 568 g/mol. The van der Waals surface area contributed by atoms with E-state index in [-0.39, 0.29) is 33.1 Å². The van der Waals surface area contributed by atoms with Gasteiger partial charge in [0.05, 0.1) is 5.56 Å². The smallest absolute Gasteiger partial charge is 0.335 e. The Morgan fingerprint density at radius 3 is 2.24 bits per heavy atom. The molecule has 0 radical (unpaired) electrons. The number of rotatable bonds is 7. The van der Waals surface area contributed by atoms with Crippen molar-refractivity contribution in [2.45, 2.75) is 111 Å². The van der Waals surface area contributed by atoms with E-state index in [0.29, 0.717) is 41.6 Å². The lowest BCUT2D eigenvalue weighted by Crippen LogP contribution is -2.68. The first-order valence-electron chi connectivity index (χ1n) is 18.2. The highest BCUT2D eigenvalue weighted by Gasteiger charge is 2.70. The van der Waals surface area contributed by atoms with Gasteiger partial charge in [-0.2, -0.15) is 0 Å². The molecule has 4 fully saturated rings. The molecular formula is C41H60N2O3. The molecule has 0 aromatic heterocycles. The number of fused-ring (bicyclic) bond motifs is 7. The van der Waals surface area contributed by atoms with E-state index in [0.717, 1.165) is 32.2 Å². The van der Waals surface area contributed by atoms with E-state index in [1.54, 1.807) is 12.1 Å². The molecule has 1 aromatic carbocycles. The van der Waals surface area contributed by atoms with Gasteiger partial charge in [-0.15, -0.1) is 0 Å². The van der Waals surface area contributed by atoms with Crippen LogP contribution < -0.4 is 5.32 Å². The topological polar surface area (TPSA) is 69.6 Å². The van der Waals surface area contributed by atoms with Crippen molar-refractivity contribution in [2.75, 3.05) is 20.6 Å². The third-order valence-corrected chi connectivity index (χ3v) is 15.3. The summed E-state index contributed by atoms with van der Waals surface area (Å²) in [5, 5.41) is 13.2. The third-order valence-electron chi connectivity index (χ3n) is 15.3. The van der Waals surface area contributed by atoms with Crippen LogP contribution in [0.25, 0.3) is 5.57 Å². The van der Waals surface area contributed by atoms with Gasteiger partial charge in [0.15, 0.2) is 0 Å². The Hall–Kier alpha value is -2.40. The van der Waals surface area contributed by atoms with Crippen molar-refractivity contribution in [3.8, 4) is 0 Å². The summed E-state index contributed by atoms with van der Waals surface area (Å²) in [6.07, 6.45) is 13.7. The molecule has 9 unspecified atom stereocenters. The van der Waals surface area contributed by atoms with Crippen molar-refractivity contribution < 1.29 is 14.7 Å². The largest absolute Gasteiger partial charge is 0.478 e. The van der Waals surface area contributed by atoms with Crippen LogP contribution >= 0.6 is 0 Å². The molecule has 1 amide bonds. The maximum atomic E-state index is 13.4. The number of carbonyl (C=O) groups excluding carboxylic acids is 1. The maximum Gasteiger partial charge on any atom is 0.335 e. The standard InChI is InChI=1S/C41H60N2O3/c1-26(2)29-16-22-41(42-34(44)19-25-43(8)9)24-23-39(6)31(35(29)41)14-15-33-38(5)20-17-30(27-10-12-28(13-11-27)36(45)46)37(3,4)32(38)18-21-40(33,39)7/h10-13,17,29,31-33,35H,1,14-16,18-25H2,2-9H3,(H,42,44)(H,45,46). The Balaban J connectivity index is 1.32. The van der Waals surface area contributed by atoms with Gasteiger partial charge in [0.25, 0.3) is 0 Å². The van der Waals surface area contributed by atoms with Gasteiger partial charge in [-0.05, 0) is 153 Å². The van der Waals surface area contributed by atoms with E-state index in [4.69, 9.17) is 0 Å². The number of hydrogen-bond donors (Lipinski definition) is 2. The van der Waals surface area contributed by atoms with Crippen LogP contribution in [-0.2, 0) is 4.79 Å². The predicted octanol–water partition coefficient (Wildman–Crippen LogP) is 8.86. The number of hydrogen-bond acceptors (Lipinski definition) is 3. The van der Waals surface area contributed by atoms with Crippen molar-refractivity contribution in [2.24, 2.45) is 51.2 Å². The minimum Gasteiger partial charge on any atom is -0.478 e. The van der Waals surface area contributed by atoms with Gasteiger partial charge < -0.3 is 15.3 Å². The van der Waals surface area contributed by atoms with E-state index in [9.17, 15) is 14.7 Å². The summed E-state index contributed by atoms with van der Waals surface area (Å²) in [6.45, 7) is 20.4. The van der Waals surface area contributed by atoms with E-state index >= 15 is 0 Å². The van der Waals surface area contributed by atoms with Crippen LogP contribution in [0.5, 0.6) is 0 Å². The second-order valence-electron chi connectivity index (χ2n) is 17.9. The monoisotopic (exact) mass is 628 g/mol. The lowest BCUT2D eigenvalue weighted by molar-refractivity contribution is -0.219. The maximum absolute atomic E-state index is 13.4. The van der Waals surface area contributed by atoms with Crippen LogP contribution in [0.15, 0.2) is 42.5 Å². The number of carbonyl (C=O) groups is 2. The van der Waals surface area contributed by atoms with E-state index < -0.39 is 5.97 Å². The highest BCUT2D eigenvalue weighted by Crippen LogP contribution is 2.76. The molecule has 1 aromatic rings. The Kier molecular flexibility index (Phi) is 8.26. The first-order valence-corrected chi connectivity index (χ1v) is 18.2. The van der Waals surface area contributed by atoms with Crippen molar-refractivity contribution >= 4 is 17.4 Å². The minimum absolute atomic E-state index is 0.00584. The Morgan fingerprint density at radius 1 is 0.913 bits per heavy atom. The average Bonchev–Trinajstić information content (AvgIpc) is 3.36. The number of amides is 1. The quantitative estimate of drug-likeness (QED) is 0.296. The lowest BCUT2D eigenvalue weighted by Gasteiger charge is -2.72. The normalized spacial score (nSPS) is 41.0. The molecule has 5 nitrogen and oxygen atoms in total. The first-order chi connectivity index (χ1) is 21.5. The summed E-state index contributed by atoms with van der Waals surface area (Å²) in [5.41, 5.74) is 4.82. The molecule has 2 N–H and O–H groups in total. The number of aromatic carboxylic acids is 1. The molecule has 46 heavy (non-hydrogen) atoms. The van der Waals surface area contributed by atoms with Gasteiger partial charge >= 0.3 is 5.97 Å². The zero-order chi connectivity index (χ0) is 33.4. The highest BCUT2D eigenvalue weighted by atomic mass is 16.4. The Bertz CT molecular complexity index is 1430. The summed E-state index contributed by atoms with van der Waals surface area (Å²) < 4.78 is 0. The van der Waals surface area contributed by atoms with Gasteiger partial charge in [-0.3, -0.25) is 4.79 Å². The van der Waals surface area contributed by atoms with Crippen LogP contribution in [0.1, 0.15) is 122 Å². The average molecular weight is 629 g/mol. The minimum atomic E-state index is -0.870. The molecule has 0 spiro atoms. The molecule has 5 aliphatic carbocycles. The third kappa shape index (κ3) is 4.88. The number of benzene rings is 1. The van der Waals surface area contributed by atoms with Gasteiger partial charge in [-0.25, -0.2) is 4.79 Å². The number of allylic oxidation sites excluding steroid dienone is 3. The summed E-state index contributed by atoms with van der Waals surface area (Å²) >= 11 is 0. The van der Waals surface area contributed by atoms with Crippen molar-refractivity contribution in [1.29, 1.82) is 0 Å². The Morgan fingerprint density at radius 2 is 1.61 bits per heavy atom. The SMILES string of the molecule is C=C(C)C1CCC2(NC(=O)CCN(C)C)CCC3(C)C(CCC4C5(C)CC=C(c6ccc(C(=O)O)cc6)C(C)(C)C5CCC43C)C12. The fourth-order valence-corrected chi connectivity index (χ4v) is 12.9. The zero-order valence-corrected chi connectivity index (χ0v) is 30.0. The first kappa shape index (κ1) is 33.5. The molecule has 0 heterocycles. The zero-order valence-electron chi connectivity index (χ0n) is 30.0.